The number of aromatic nitrogens is 1. The first-order valence-corrected chi connectivity index (χ1v) is 6.19. The average molecular weight is 357 g/mol. The molecule has 9 heteroatoms. The van der Waals surface area contributed by atoms with E-state index in [2.05, 4.69) is 20.9 Å². The molecule has 108 valence electrons. The van der Waals surface area contributed by atoms with Gasteiger partial charge in [-0.1, -0.05) is 0 Å². The van der Waals surface area contributed by atoms with E-state index in [-0.39, 0.29) is 5.75 Å². The number of aromatic carboxylic acids is 1. The third kappa shape index (κ3) is 3.31. The summed E-state index contributed by atoms with van der Waals surface area (Å²) in [6.45, 7) is 0. The molecule has 0 aliphatic carbocycles. The molecule has 0 saturated heterocycles. The van der Waals surface area contributed by atoms with Crippen LogP contribution in [-0.2, 0) is 0 Å². The van der Waals surface area contributed by atoms with Crippen molar-refractivity contribution >= 4 is 27.6 Å². The predicted octanol–water partition coefficient (Wildman–Crippen LogP) is 3.38. The number of carboxylic acid groups (broad SMARTS) is 1. The van der Waals surface area contributed by atoms with Crippen LogP contribution in [0.5, 0.6) is 11.6 Å². The normalized spacial score (nSPS) is 10.2. The number of rotatable bonds is 4. The third-order valence-corrected chi connectivity index (χ3v) is 3.01. The predicted molar refractivity (Wildman–Crippen MR) is 72.0 cm³/mol. The van der Waals surface area contributed by atoms with Crippen LogP contribution in [0.2, 0.25) is 0 Å². The SMILES string of the molecule is O=C(O)c1ccc([N+](=O)[O-])c(Oc2cc(F)ccc2Br)n1. The number of halogens is 2. The first kappa shape index (κ1) is 14.9. The van der Waals surface area contributed by atoms with Gasteiger partial charge in [0.05, 0.1) is 9.40 Å². The minimum atomic E-state index is -1.37. The summed E-state index contributed by atoms with van der Waals surface area (Å²) in [5.41, 5.74) is -0.959. The Morgan fingerprint density at radius 1 is 1.38 bits per heavy atom. The van der Waals surface area contributed by atoms with Crippen LogP contribution in [0.15, 0.2) is 34.8 Å². The smallest absolute Gasteiger partial charge is 0.354 e. The molecule has 2 rings (SSSR count). The van der Waals surface area contributed by atoms with Gasteiger partial charge >= 0.3 is 17.5 Å². The van der Waals surface area contributed by atoms with Crippen LogP contribution in [-0.4, -0.2) is 21.0 Å². The van der Waals surface area contributed by atoms with E-state index in [1.165, 1.54) is 6.07 Å². The molecule has 0 spiro atoms. The van der Waals surface area contributed by atoms with E-state index in [9.17, 15) is 19.3 Å². The summed E-state index contributed by atoms with van der Waals surface area (Å²) in [6.07, 6.45) is 0. The van der Waals surface area contributed by atoms with Gasteiger partial charge in [-0.3, -0.25) is 10.1 Å². The van der Waals surface area contributed by atoms with Gasteiger partial charge in [0, 0.05) is 12.1 Å². The summed E-state index contributed by atoms with van der Waals surface area (Å²) in [7, 11) is 0. The van der Waals surface area contributed by atoms with Gasteiger partial charge in [-0.25, -0.2) is 9.18 Å². The van der Waals surface area contributed by atoms with Crippen LogP contribution in [0.3, 0.4) is 0 Å². The first-order chi connectivity index (χ1) is 9.88. The van der Waals surface area contributed by atoms with E-state index < -0.39 is 34.0 Å². The Morgan fingerprint density at radius 3 is 2.71 bits per heavy atom. The topological polar surface area (TPSA) is 103 Å². The molecule has 0 aliphatic heterocycles. The quantitative estimate of drug-likeness (QED) is 0.665. The van der Waals surface area contributed by atoms with Crippen molar-refractivity contribution in [2.45, 2.75) is 0 Å². The van der Waals surface area contributed by atoms with Crippen molar-refractivity contribution in [2.75, 3.05) is 0 Å². The molecule has 21 heavy (non-hydrogen) atoms. The van der Waals surface area contributed by atoms with Crippen molar-refractivity contribution in [1.29, 1.82) is 0 Å². The third-order valence-electron chi connectivity index (χ3n) is 2.36. The maximum atomic E-state index is 13.2. The summed E-state index contributed by atoms with van der Waals surface area (Å²) in [5.74, 6) is -2.59. The van der Waals surface area contributed by atoms with E-state index in [1.807, 2.05) is 0 Å². The van der Waals surface area contributed by atoms with Gasteiger partial charge in [-0.05, 0) is 34.1 Å². The van der Waals surface area contributed by atoms with Crippen molar-refractivity contribution in [3.63, 3.8) is 0 Å². The maximum absolute atomic E-state index is 13.2. The molecule has 1 aromatic heterocycles. The number of nitrogens with zero attached hydrogens (tertiary/aromatic N) is 2. The minimum Gasteiger partial charge on any atom is -0.477 e. The molecule has 0 bridgehead atoms. The van der Waals surface area contributed by atoms with Crippen LogP contribution >= 0.6 is 15.9 Å². The van der Waals surface area contributed by atoms with Crippen LogP contribution in [0, 0.1) is 15.9 Å². The number of hydrogen-bond acceptors (Lipinski definition) is 5. The highest BCUT2D eigenvalue weighted by Gasteiger charge is 2.21. The largest absolute Gasteiger partial charge is 0.477 e. The number of ether oxygens (including phenoxy) is 1. The molecule has 0 unspecified atom stereocenters. The Balaban J connectivity index is 2.50. The molecule has 0 fully saturated rings. The summed E-state index contributed by atoms with van der Waals surface area (Å²) >= 11 is 3.09. The molecule has 2 aromatic rings. The number of carboxylic acids is 1. The van der Waals surface area contributed by atoms with Gasteiger partial charge in [-0.2, -0.15) is 4.98 Å². The highest BCUT2D eigenvalue weighted by molar-refractivity contribution is 9.10. The zero-order valence-electron chi connectivity index (χ0n) is 10.1. The molecule has 1 heterocycles. The fourth-order valence-electron chi connectivity index (χ4n) is 1.43. The summed E-state index contributed by atoms with van der Waals surface area (Å²) in [6, 6.07) is 5.43. The van der Waals surface area contributed by atoms with Gasteiger partial charge in [0.1, 0.15) is 11.6 Å². The van der Waals surface area contributed by atoms with Crippen LogP contribution in [0.1, 0.15) is 10.5 Å². The van der Waals surface area contributed by atoms with E-state index in [0.717, 1.165) is 24.3 Å². The van der Waals surface area contributed by atoms with E-state index in [1.54, 1.807) is 0 Å². The Morgan fingerprint density at radius 2 is 2.10 bits per heavy atom. The lowest BCUT2D eigenvalue weighted by Crippen LogP contribution is -2.04. The van der Waals surface area contributed by atoms with Gasteiger partial charge < -0.3 is 9.84 Å². The fourth-order valence-corrected chi connectivity index (χ4v) is 1.75. The monoisotopic (exact) mass is 356 g/mol. The highest BCUT2D eigenvalue weighted by atomic mass is 79.9. The lowest BCUT2D eigenvalue weighted by Gasteiger charge is -2.07. The van der Waals surface area contributed by atoms with Crippen LogP contribution in [0.25, 0.3) is 0 Å². The van der Waals surface area contributed by atoms with Gasteiger partial charge in [0.2, 0.25) is 0 Å². The Kier molecular flexibility index (Phi) is 4.13. The number of hydrogen-bond donors (Lipinski definition) is 1. The van der Waals surface area contributed by atoms with Crippen LogP contribution in [0.4, 0.5) is 10.1 Å². The maximum Gasteiger partial charge on any atom is 0.354 e. The lowest BCUT2D eigenvalue weighted by molar-refractivity contribution is -0.386. The van der Waals surface area contributed by atoms with Crippen molar-refractivity contribution < 1.29 is 24.0 Å². The van der Waals surface area contributed by atoms with Crippen molar-refractivity contribution in [1.82, 2.24) is 4.98 Å². The van der Waals surface area contributed by atoms with E-state index in [0.29, 0.717) is 4.47 Å². The summed E-state index contributed by atoms with van der Waals surface area (Å²) < 4.78 is 18.7. The number of carbonyl (C=O) groups is 1. The Bertz CT molecular complexity index is 738. The second kappa shape index (κ2) is 5.83. The number of nitro groups is 1. The molecule has 0 aliphatic rings. The number of pyridine rings is 1. The first-order valence-electron chi connectivity index (χ1n) is 5.40. The number of benzene rings is 1. The average Bonchev–Trinajstić information content (AvgIpc) is 2.42. The second-order valence-electron chi connectivity index (χ2n) is 3.76. The Labute approximate surface area is 125 Å². The Hall–Kier alpha value is -2.55. The van der Waals surface area contributed by atoms with Crippen molar-refractivity contribution in [3.05, 3.63) is 56.4 Å². The fraction of sp³-hybridized carbons (Fsp3) is 0. The zero-order valence-corrected chi connectivity index (χ0v) is 11.7. The molecule has 7 nitrogen and oxygen atoms in total. The zero-order chi connectivity index (χ0) is 15.6. The molecule has 0 atom stereocenters. The molecule has 1 aromatic carbocycles. The van der Waals surface area contributed by atoms with Gasteiger partial charge in [-0.15, -0.1) is 0 Å². The van der Waals surface area contributed by atoms with Crippen molar-refractivity contribution in [2.24, 2.45) is 0 Å². The van der Waals surface area contributed by atoms with E-state index in [4.69, 9.17) is 9.84 Å². The minimum absolute atomic E-state index is 0.0619. The van der Waals surface area contributed by atoms with Crippen LogP contribution < -0.4 is 4.74 Å². The van der Waals surface area contributed by atoms with Crippen molar-refractivity contribution in [3.8, 4) is 11.6 Å². The van der Waals surface area contributed by atoms with E-state index >= 15 is 0 Å². The van der Waals surface area contributed by atoms with Gasteiger partial charge in [0.15, 0.2) is 5.69 Å². The standard InChI is InChI=1S/C12H6BrFN2O5/c13-7-2-1-6(14)5-10(7)21-11-9(16(19)20)4-3-8(15-11)12(17)18/h1-5H,(H,17,18). The molecular formula is C12H6BrFN2O5. The highest BCUT2D eigenvalue weighted by Crippen LogP contribution is 2.34. The summed E-state index contributed by atoms with van der Waals surface area (Å²) in [5, 5.41) is 19.7. The van der Waals surface area contributed by atoms with Gasteiger partial charge in [0.25, 0.3) is 0 Å². The molecule has 0 amide bonds. The lowest BCUT2D eigenvalue weighted by atomic mass is 10.3. The second-order valence-corrected chi connectivity index (χ2v) is 4.61. The molecule has 1 N–H and O–H groups in total. The molecular weight excluding hydrogens is 351 g/mol. The molecule has 0 saturated carbocycles. The summed E-state index contributed by atoms with van der Waals surface area (Å²) in [4.78, 5) is 24.5. The molecule has 0 radical (unpaired) electrons.